The van der Waals surface area contributed by atoms with E-state index in [1.165, 1.54) is 0 Å². The highest BCUT2D eigenvalue weighted by molar-refractivity contribution is 9.10. The maximum atomic E-state index is 12.7. The molecule has 3 aromatic carbocycles. The van der Waals surface area contributed by atoms with E-state index in [1.807, 2.05) is 30.3 Å². The van der Waals surface area contributed by atoms with Crippen molar-refractivity contribution in [2.75, 3.05) is 17.2 Å². The first kappa shape index (κ1) is 27.4. The zero-order valence-electron chi connectivity index (χ0n) is 20.3. The molecule has 6 nitrogen and oxygen atoms in total. The van der Waals surface area contributed by atoms with Crippen LogP contribution in [0.15, 0.2) is 77.3 Å². The molecule has 2 amide bonds. The summed E-state index contributed by atoms with van der Waals surface area (Å²) < 4.78 is 6.47. The molecule has 0 fully saturated rings. The summed E-state index contributed by atoms with van der Waals surface area (Å²) in [5.41, 5.74) is 2.85. The average molecular weight is 569 g/mol. The van der Waals surface area contributed by atoms with Crippen LogP contribution in [-0.2, 0) is 11.2 Å². The van der Waals surface area contributed by atoms with E-state index >= 15 is 0 Å². The predicted molar refractivity (Wildman–Crippen MR) is 153 cm³/mol. The molecule has 8 heteroatoms. The van der Waals surface area contributed by atoms with Crippen LogP contribution >= 0.6 is 28.1 Å². The fourth-order valence-corrected chi connectivity index (χ4v) is 4.01. The molecule has 0 unspecified atom stereocenters. The molecule has 0 atom stereocenters. The number of aryl methyl sites for hydroxylation is 1. The number of carbonyl (C=O) groups is 2. The Balaban J connectivity index is 1.50. The van der Waals surface area contributed by atoms with Crippen LogP contribution in [0.1, 0.15) is 42.6 Å². The van der Waals surface area contributed by atoms with E-state index in [2.05, 4.69) is 45.7 Å². The lowest BCUT2D eigenvalue weighted by atomic mass is 10.1. The molecule has 36 heavy (non-hydrogen) atoms. The number of benzene rings is 3. The summed E-state index contributed by atoms with van der Waals surface area (Å²) in [6.07, 6.45) is 2.00. The van der Waals surface area contributed by atoms with E-state index in [1.54, 1.807) is 42.5 Å². The molecule has 3 N–H and O–H groups in total. The summed E-state index contributed by atoms with van der Waals surface area (Å²) >= 11 is 8.78. The Labute approximate surface area is 226 Å². The Morgan fingerprint density at radius 1 is 0.944 bits per heavy atom. The zero-order chi connectivity index (χ0) is 25.9. The average Bonchev–Trinajstić information content (AvgIpc) is 2.84. The van der Waals surface area contributed by atoms with Gasteiger partial charge in [-0.05, 0) is 88.9 Å². The van der Waals surface area contributed by atoms with E-state index in [-0.39, 0.29) is 16.9 Å². The summed E-state index contributed by atoms with van der Waals surface area (Å²) in [5, 5.41) is 8.72. The molecule has 0 spiro atoms. The smallest absolute Gasteiger partial charge is 0.257 e. The first-order valence-corrected chi connectivity index (χ1v) is 13.0. The van der Waals surface area contributed by atoms with E-state index < -0.39 is 0 Å². The van der Waals surface area contributed by atoms with Crippen LogP contribution in [0, 0.1) is 5.92 Å². The summed E-state index contributed by atoms with van der Waals surface area (Å²) in [5.74, 6) is 0.830. The van der Waals surface area contributed by atoms with Crippen LogP contribution in [0.5, 0.6) is 5.75 Å². The van der Waals surface area contributed by atoms with Crippen LogP contribution in [-0.4, -0.2) is 23.5 Å². The molecule has 3 aromatic rings. The van der Waals surface area contributed by atoms with Gasteiger partial charge in [0.2, 0.25) is 5.91 Å². The number of hydrogen-bond acceptors (Lipinski definition) is 4. The topological polar surface area (TPSA) is 79.5 Å². The molecule has 0 aliphatic carbocycles. The van der Waals surface area contributed by atoms with Gasteiger partial charge in [0, 0.05) is 23.4 Å². The van der Waals surface area contributed by atoms with Crippen molar-refractivity contribution in [3.05, 3.63) is 88.4 Å². The molecule has 0 aliphatic rings. The van der Waals surface area contributed by atoms with Crippen LogP contribution in [0.25, 0.3) is 0 Å². The standard InChI is InChI=1S/C28H30BrN3O3S/c1-19(2)15-16-35-25-13-12-21(17-24(25)29)27(34)32-28(36)31-23-10-6-9-22(18-23)30-26(33)14-11-20-7-4-3-5-8-20/h3-10,12-13,17-19H,11,14-16H2,1-2H3,(H,30,33)(H2,31,32,34,36). The van der Waals surface area contributed by atoms with Crippen molar-refractivity contribution in [3.63, 3.8) is 0 Å². The predicted octanol–water partition coefficient (Wildman–Crippen LogP) is 6.57. The maximum Gasteiger partial charge on any atom is 0.257 e. The molecule has 0 radical (unpaired) electrons. The van der Waals surface area contributed by atoms with Crippen LogP contribution in [0.2, 0.25) is 0 Å². The molecule has 3 rings (SSSR count). The van der Waals surface area contributed by atoms with Crippen molar-refractivity contribution in [3.8, 4) is 5.75 Å². The lowest BCUT2D eigenvalue weighted by Crippen LogP contribution is -2.34. The summed E-state index contributed by atoms with van der Waals surface area (Å²) in [6.45, 7) is 4.90. The third kappa shape index (κ3) is 9.09. The van der Waals surface area contributed by atoms with Crippen molar-refractivity contribution >= 4 is 56.4 Å². The fraction of sp³-hybridized carbons (Fsp3) is 0.250. The molecular formula is C28H30BrN3O3S. The Hall–Kier alpha value is -3.23. The highest BCUT2D eigenvalue weighted by Gasteiger charge is 2.12. The molecule has 0 bridgehead atoms. The summed E-state index contributed by atoms with van der Waals surface area (Å²) in [7, 11) is 0. The largest absolute Gasteiger partial charge is 0.492 e. The minimum absolute atomic E-state index is 0.0749. The first-order chi connectivity index (χ1) is 17.3. The minimum Gasteiger partial charge on any atom is -0.492 e. The van der Waals surface area contributed by atoms with Gasteiger partial charge in [0.15, 0.2) is 5.11 Å². The summed E-state index contributed by atoms with van der Waals surface area (Å²) in [6, 6.07) is 22.2. The van der Waals surface area contributed by atoms with Gasteiger partial charge >= 0.3 is 0 Å². The van der Waals surface area contributed by atoms with Crippen molar-refractivity contribution in [2.24, 2.45) is 5.92 Å². The van der Waals surface area contributed by atoms with Crippen molar-refractivity contribution < 1.29 is 14.3 Å². The number of anilines is 2. The van der Waals surface area contributed by atoms with Gasteiger partial charge in [-0.3, -0.25) is 14.9 Å². The number of ether oxygens (including phenoxy) is 1. The van der Waals surface area contributed by atoms with E-state index in [0.29, 0.717) is 52.5 Å². The number of carbonyl (C=O) groups excluding carboxylic acids is 2. The van der Waals surface area contributed by atoms with Gasteiger partial charge in [0.1, 0.15) is 5.75 Å². The second kappa shape index (κ2) is 13.8. The van der Waals surface area contributed by atoms with Crippen LogP contribution in [0.3, 0.4) is 0 Å². The molecule has 0 aromatic heterocycles. The summed E-state index contributed by atoms with van der Waals surface area (Å²) in [4.78, 5) is 25.0. The number of thiocarbonyl (C=S) groups is 1. The second-order valence-corrected chi connectivity index (χ2v) is 9.96. The quantitative estimate of drug-likeness (QED) is 0.241. The lowest BCUT2D eigenvalue weighted by Gasteiger charge is -2.13. The van der Waals surface area contributed by atoms with Gasteiger partial charge in [-0.1, -0.05) is 50.2 Å². The van der Waals surface area contributed by atoms with E-state index in [4.69, 9.17) is 17.0 Å². The molecule has 0 saturated heterocycles. The van der Waals surface area contributed by atoms with Gasteiger partial charge in [-0.15, -0.1) is 0 Å². The number of nitrogens with one attached hydrogen (secondary N) is 3. The first-order valence-electron chi connectivity index (χ1n) is 11.8. The van der Waals surface area contributed by atoms with Gasteiger partial charge in [-0.25, -0.2) is 0 Å². The Morgan fingerprint density at radius 2 is 1.67 bits per heavy atom. The van der Waals surface area contributed by atoms with Crippen molar-refractivity contribution in [1.82, 2.24) is 5.32 Å². The van der Waals surface area contributed by atoms with Gasteiger partial charge in [0.05, 0.1) is 11.1 Å². The highest BCUT2D eigenvalue weighted by Crippen LogP contribution is 2.26. The number of rotatable bonds is 10. The monoisotopic (exact) mass is 567 g/mol. The second-order valence-electron chi connectivity index (χ2n) is 8.70. The van der Waals surface area contributed by atoms with Crippen LogP contribution in [0.4, 0.5) is 11.4 Å². The Kier molecular flexibility index (Phi) is 10.5. The fourth-order valence-electron chi connectivity index (χ4n) is 3.30. The third-order valence-corrected chi connectivity index (χ3v) is 6.09. The number of amides is 2. The Bertz CT molecular complexity index is 1200. The molecular weight excluding hydrogens is 538 g/mol. The van der Waals surface area contributed by atoms with Gasteiger partial charge in [0.25, 0.3) is 5.91 Å². The normalized spacial score (nSPS) is 10.6. The Morgan fingerprint density at radius 3 is 2.36 bits per heavy atom. The van der Waals surface area contributed by atoms with Gasteiger partial charge in [-0.2, -0.15) is 0 Å². The highest BCUT2D eigenvalue weighted by atomic mass is 79.9. The SMILES string of the molecule is CC(C)CCOc1ccc(C(=O)NC(=S)Nc2cccc(NC(=O)CCc3ccccc3)c2)cc1Br. The third-order valence-electron chi connectivity index (χ3n) is 5.26. The van der Waals surface area contributed by atoms with E-state index in [0.717, 1.165) is 12.0 Å². The van der Waals surface area contributed by atoms with E-state index in [9.17, 15) is 9.59 Å². The zero-order valence-corrected chi connectivity index (χ0v) is 22.7. The molecule has 0 aliphatic heterocycles. The van der Waals surface area contributed by atoms with Crippen molar-refractivity contribution in [1.29, 1.82) is 0 Å². The number of hydrogen-bond donors (Lipinski definition) is 3. The lowest BCUT2D eigenvalue weighted by molar-refractivity contribution is -0.116. The number of halogens is 1. The maximum absolute atomic E-state index is 12.7. The van der Waals surface area contributed by atoms with Gasteiger partial charge < -0.3 is 15.4 Å². The molecule has 0 saturated carbocycles. The van der Waals surface area contributed by atoms with Crippen molar-refractivity contribution in [2.45, 2.75) is 33.1 Å². The minimum atomic E-state index is -0.340. The molecule has 0 heterocycles. The van der Waals surface area contributed by atoms with Crippen LogP contribution < -0.4 is 20.7 Å². The molecule has 188 valence electrons.